The summed E-state index contributed by atoms with van der Waals surface area (Å²) in [4.78, 5) is 38.5. The Balaban J connectivity index is 1.80. The second-order valence-corrected chi connectivity index (χ2v) is 7.27. The van der Waals surface area contributed by atoms with Gasteiger partial charge in [0.05, 0.1) is 0 Å². The lowest BCUT2D eigenvalue weighted by Gasteiger charge is -2.23. The van der Waals surface area contributed by atoms with Crippen molar-refractivity contribution in [3.05, 3.63) is 63.9 Å². The number of hydrogen-bond acceptors (Lipinski definition) is 3. The van der Waals surface area contributed by atoms with Crippen molar-refractivity contribution < 1.29 is 18.8 Å². The fourth-order valence-corrected chi connectivity index (χ4v) is 3.49. The molecule has 1 aliphatic heterocycles. The lowest BCUT2D eigenvalue weighted by Crippen LogP contribution is -2.42. The number of imide groups is 1. The van der Waals surface area contributed by atoms with Crippen molar-refractivity contribution in [1.29, 1.82) is 0 Å². The van der Waals surface area contributed by atoms with Crippen LogP contribution < -0.4 is 10.6 Å². The Hall–Kier alpha value is -2.93. The summed E-state index contributed by atoms with van der Waals surface area (Å²) in [5.74, 6) is -1.70. The quantitative estimate of drug-likeness (QED) is 0.767. The van der Waals surface area contributed by atoms with Crippen LogP contribution in [0.1, 0.15) is 23.6 Å². The molecule has 0 spiro atoms. The normalized spacial score (nSPS) is 19.0. The molecule has 0 saturated carbocycles. The fourth-order valence-electron chi connectivity index (χ4n) is 3.14. The van der Waals surface area contributed by atoms with Gasteiger partial charge in [0.2, 0.25) is 5.91 Å². The molecule has 4 amide bonds. The van der Waals surface area contributed by atoms with E-state index in [-0.39, 0.29) is 10.6 Å². The van der Waals surface area contributed by atoms with E-state index in [1.54, 1.807) is 12.1 Å². The number of aryl methyl sites for hydroxylation is 1. The molecule has 0 bridgehead atoms. The minimum absolute atomic E-state index is 0.0119. The van der Waals surface area contributed by atoms with E-state index in [0.717, 1.165) is 28.2 Å². The summed E-state index contributed by atoms with van der Waals surface area (Å²) >= 11 is 6.06. The van der Waals surface area contributed by atoms with Gasteiger partial charge in [-0.15, -0.1) is 0 Å². The minimum atomic E-state index is -1.48. The van der Waals surface area contributed by atoms with Crippen LogP contribution in [0.15, 0.2) is 36.4 Å². The predicted octanol–water partition coefficient (Wildman–Crippen LogP) is 3.50. The molecular weight excluding hydrogens is 385 g/mol. The molecule has 3 rings (SSSR count). The fraction of sp³-hybridized carbons (Fsp3) is 0.250. The van der Waals surface area contributed by atoms with Crippen molar-refractivity contribution in [1.82, 2.24) is 10.2 Å². The number of carbonyl (C=O) groups excluding carboxylic acids is 3. The maximum atomic E-state index is 13.3. The SMILES string of the molecule is Cc1cccc(NC(=O)CN2C(=O)NC(C)(c3ccc(F)cc3Cl)C2=O)c1C. The van der Waals surface area contributed by atoms with Crippen LogP contribution in [0.5, 0.6) is 0 Å². The van der Waals surface area contributed by atoms with Crippen molar-refractivity contribution >= 4 is 35.1 Å². The van der Waals surface area contributed by atoms with Gasteiger partial charge in [-0.2, -0.15) is 0 Å². The summed E-state index contributed by atoms with van der Waals surface area (Å²) in [5, 5.41) is 5.28. The number of nitrogens with zero attached hydrogens (tertiary/aromatic N) is 1. The van der Waals surface area contributed by atoms with E-state index >= 15 is 0 Å². The highest BCUT2D eigenvalue weighted by Gasteiger charge is 2.50. The van der Waals surface area contributed by atoms with Gasteiger partial charge in [0.15, 0.2) is 0 Å². The molecule has 0 aliphatic carbocycles. The van der Waals surface area contributed by atoms with Crippen LogP contribution >= 0.6 is 11.6 Å². The second-order valence-electron chi connectivity index (χ2n) is 6.87. The third-order valence-electron chi connectivity index (χ3n) is 4.93. The molecule has 28 heavy (non-hydrogen) atoms. The number of rotatable bonds is 4. The molecule has 1 saturated heterocycles. The number of halogens is 2. The van der Waals surface area contributed by atoms with Crippen LogP contribution in [-0.4, -0.2) is 29.3 Å². The number of hydrogen-bond donors (Lipinski definition) is 2. The Kier molecular flexibility index (Phi) is 5.12. The summed E-state index contributed by atoms with van der Waals surface area (Å²) < 4.78 is 13.3. The average Bonchev–Trinajstić information content (AvgIpc) is 2.82. The zero-order chi connectivity index (χ0) is 20.6. The Bertz CT molecular complexity index is 995. The van der Waals surface area contributed by atoms with E-state index < -0.39 is 35.7 Å². The zero-order valence-corrected chi connectivity index (χ0v) is 16.4. The lowest BCUT2D eigenvalue weighted by atomic mass is 9.92. The van der Waals surface area contributed by atoms with Gasteiger partial charge in [-0.05, 0) is 50.1 Å². The second kappa shape index (κ2) is 7.24. The first-order chi connectivity index (χ1) is 13.1. The summed E-state index contributed by atoms with van der Waals surface area (Å²) in [7, 11) is 0. The van der Waals surface area contributed by atoms with Crippen molar-refractivity contribution in [2.75, 3.05) is 11.9 Å². The molecule has 2 aromatic rings. The van der Waals surface area contributed by atoms with Crippen LogP contribution in [0.3, 0.4) is 0 Å². The largest absolute Gasteiger partial charge is 0.325 e. The maximum Gasteiger partial charge on any atom is 0.325 e. The number of urea groups is 1. The summed E-state index contributed by atoms with van der Waals surface area (Å²) in [5.41, 5.74) is 1.29. The van der Waals surface area contributed by atoms with Crippen LogP contribution in [0.25, 0.3) is 0 Å². The van der Waals surface area contributed by atoms with E-state index in [1.807, 2.05) is 19.9 Å². The summed E-state index contributed by atoms with van der Waals surface area (Å²) in [6.45, 7) is 4.80. The first-order valence-electron chi connectivity index (χ1n) is 8.59. The molecule has 1 heterocycles. The Morgan fingerprint density at radius 1 is 1.25 bits per heavy atom. The smallest absolute Gasteiger partial charge is 0.324 e. The highest BCUT2D eigenvalue weighted by Crippen LogP contribution is 2.34. The number of amides is 4. The molecule has 1 aliphatic rings. The van der Waals surface area contributed by atoms with Gasteiger partial charge in [0.1, 0.15) is 17.9 Å². The summed E-state index contributed by atoms with van der Waals surface area (Å²) in [6, 6.07) is 8.31. The zero-order valence-electron chi connectivity index (χ0n) is 15.6. The van der Waals surface area contributed by atoms with Crippen LogP contribution in [0.4, 0.5) is 14.9 Å². The molecule has 1 unspecified atom stereocenters. The molecule has 6 nitrogen and oxygen atoms in total. The van der Waals surface area contributed by atoms with Gasteiger partial charge in [-0.25, -0.2) is 9.18 Å². The lowest BCUT2D eigenvalue weighted by molar-refractivity contribution is -0.133. The molecule has 1 fully saturated rings. The van der Waals surface area contributed by atoms with Crippen LogP contribution in [0.2, 0.25) is 5.02 Å². The van der Waals surface area contributed by atoms with Gasteiger partial charge < -0.3 is 10.6 Å². The van der Waals surface area contributed by atoms with Gasteiger partial charge >= 0.3 is 6.03 Å². The van der Waals surface area contributed by atoms with E-state index in [0.29, 0.717) is 5.69 Å². The van der Waals surface area contributed by atoms with Gasteiger partial charge in [0, 0.05) is 16.3 Å². The van der Waals surface area contributed by atoms with E-state index in [2.05, 4.69) is 10.6 Å². The molecule has 0 radical (unpaired) electrons. The first-order valence-corrected chi connectivity index (χ1v) is 8.97. The molecule has 0 aromatic heterocycles. The Labute approximate surface area is 166 Å². The van der Waals surface area contributed by atoms with Gasteiger partial charge in [-0.3, -0.25) is 14.5 Å². The minimum Gasteiger partial charge on any atom is -0.324 e. The Morgan fingerprint density at radius 2 is 1.96 bits per heavy atom. The number of nitrogens with one attached hydrogen (secondary N) is 2. The maximum absolute atomic E-state index is 13.3. The number of benzene rings is 2. The molecule has 146 valence electrons. The molecule has 1 atom stereocenters. The molecule has 8 heteroatoms. The van der Waals surface area contributed by atoms with Crippen molar-refractivity contribution in [2.45, 2.75) is 26.3 Å². The van der Waals surface area contributed by atoms with E-state index in [4.69, 9.17) is 11.6 Å². The third-order valence-corrected chi connectivity index (χ3v) is 5.24. The third kappa shape index (κ3) is 3.45. The number of anilines is 1. The highest BCUT2D eigenvalue weighted by atomic mass is 35.5. The number of carbonyl (C=O) groups is 3. The van der Waals surface area contributed by atoms with Crippen LogP contribution in [0, 0.1) is 19.7 Å². The van der Waals surface area contributed by atoms with Crippen molar-refractivity contribution in [3.63, 3.8) is 0 Å². The van der Waals surface area contributed by atoms with E-state index in [9.17, 15) is 18.8 Å². The predicted molar refractivity (Wildman–Crippen MR) is 104 cm³/mol. The van der Waals surface area contributed by atoms with Crippen LogP contribution in [-0.2, 0) is 15.1 Å². The van der Waals surface area contributed by atoms with E-state index in [1.165, 1.54) is 13.0 Å². The standard InChI is InChI=1S/C20H19ClFN3O3/c1-11-5-4-6-16(12(11)2)23-17(26)10-25-18(27)20(3,24-19(25)28)14-8-7-13(22)9-15(14)21/h4-9H,10H2,1-3H3,(H,23,26)(H,24,28). The van der Waals surface area contributed by atoms with Gasteiger partial charge in [0.25, 0.3) is 5.91 Å². The Morgan fingerprint density at radius 3 is 2.64 bits per heavy atom. The monoisotopic (exact) mass is 403 g/mol. The molecular formula is C20H19ClFN3O3. The van der Waals surface area contributed by atoms with Crippen molar-refractivity contribution in [3.8, 4) is 0 Å². The average molecular weight is 404 g/mol. The topological polar surface area (TPSA) is 78.5 Å². The molecule has 2 aromatic carbocycles. The highest BCUT2D eigenvalue weighted by molar-refractivity contribution is 6.32. The first kappa shape index (κ1) is 19.8. The van der Waals surface area contributed by atoms with Gasteiger partial charge in [-0.1, -0.05) is 29.8 Å². The molecule has 2 N–H and O–H groups in total. The summed E-state index contributed by atoms with van der Waals surface area (Å²) in [6.07, 6.45) is 0. The van der Waals surface area contributed by atoms with Crippen molar-refractivity contribution in [2.24, 2.45) is 0 Å².